The number of hydrogen-bond donors (Lipinski definition) is 1. The lowest BCUT2D eigenvalue weighted by molar-refractivity contribution is -0.128. The molecule has 1 heterocycles. The van der Waals surface area contributed by atoms with Crippen LogP contribution in [0.15, 0.2) is 35.3 Å². The van der Waals surface area contributed by atoms with Crippen molar-refractivity contribution < 1.29 is 9.53 Å². The van der Waals surface area contributed by atoms with Crippen molar-refractivity contribution in [1.29, 1.82) is 0 Å². The summed E-state index contributed by atoms with van der Waals surface area (Å²) in [5.41, 5.74) is 1.18. The Kier molecular flexibility index (Phi) is 3.95. The van der Waals surface area contributed by atoms with E-state index in [1.807, 2.05) is 32.0 Å². The second kappa shape index (κ2) is 5.88. The van der Waals surface area contributed by atoms with Crippen molar-refractivity contribution in [1.82, 2.24) is 5.32 Å². The Bertz CT molecular complexity index is 535. The Hall–Kier alpha value is -1.84. The van der Waals surface area contributed by atoms with Gasteiger partial charge in [0.2, 0.25) is 6.10 Å². The van der Waals surface area contributed by atoms with Crippen LogP contribution >= 0.6 is 0 Å². The lowest BCUT2D eigenvalue weighted by Crippen LogP contribution is -2.42. The molecule has 1 aromatic rings. The van der Waals surface area contributed by atoms with Gasteiger partial charge in [-0.25, -0.2) is 4.99 Å². The molecule has 0 unspecified atom stereocenters. The zero-order valence-corrected chi connectivity index (χ0v) is 12.6. The zero-order valence-electron chi connectivity index (χ0n) is 12.6. The highest BCUT2D eigenvalue weighted by molar-refractivity contribution is 5.89. The topological polar surface area (TPSA) is 50.7 Å². The van der Waals surface area contributed by atoms with Crippen molar-refractivity contribution in [3.05, 3.63) is 35.9 Å². The third-order valence-corrected chi connectivity index (χ3v) is 3.85. The van der Waals surface area contributed by atoms with Gasteiger partial charge in [0, 0.05) is 12.0 Å². The molecule has 1 amide bonds. The fourth-order valence-electron chi connectivity index (χ4n) is 2.50. The van der Waals surface area contributed by atoms with E-state index in [2.05, 4.69) is 22.4 Å². The minimum absolute atomic E-state index is 0.0159. The number of nitrogens with one attached hydrogen (secondary N) is 1. The van der Waals surface area contributed by atoms with E-state index in [0.29, 0.717) is 11.9 Å². The minimum Gasteiger partial charge on any atom is -0.465 e. The van der Waals surface area contributed by atoms with E-state index in [1.54, 1.807) is 0 Å². The Morgan fingerprint density at radius 3 is 2.67 bits per heavy atom. The van der Waals surface area contributed by atoms with Crippen molar-refractivity contribution in [2.45, 2.75) is 51.3 Å². The number of ether oxygens (including phenoxy) is 1. The van der Waals surface area contributed by atoms with E-state index in [0.717, 1.165) is 19.3 Å². The van der Waals surface area contributed by atoms with Crippen LogP contribution in [0.25, 0.3) is 0 Å². The summed E-state index contributed by atoms with van der Waals surface area (Å²) in [6, 6.07) is 10.4. The van der Waals surface area contributed by atoms with Crippen molar-refractivity contribution >= 4 is 11.8 Å². The van der Waals surface area contributed by atoms with Gasteiger partial charge in [0.25, 0.3) is 5.91 Å². The summed E-state index contributed by atoms with van der Waals surface area (Å²) in [7, 11) is 0. The van der Waals surface area contributed by atoms with Gasteiger partial charge in [0.15, 0.2) is 5.90 Å². The molecule has 1 aliphatic heterocycles. The van der Waals surface area contributed by atoms with Crippen LogP contribution in [-0.2, 0) is 16.0 Å². The summed E-state index contributed by atoms with van der Waals surface area (Å²) in [5.74, 6) is 0.895. The number of nitrogens with zero attached hydrogens (tertiary/aromatic N) is 1. The molecule has 112 valence electrons. The van der Waals surface area contributed by atoms with E-state index in [1.165, 1.54) is 5.56 Å². The standard InChI is InChI=1S/C17H22N2O2/c1-11(2)17-19-14(10-12-6-4-3-5-7-12)15(21-17)16(20)18-13-8-9-13/h3-7,11,13-15H,8-10H2,1-2H3,(H,18,20)/t14-,15-/m0/s1. The van der Waals surface area contributed by atoms with Crippen LogP contribution in [-0.4, -0.2) is 30.0 Å². The first-order valence-electron chi connectivity index (χ1n) is 7.72. The SMILES string of the molecule is CC(C)C1=N[C@@H](Cc2ccccc2)[C@@H](C(=O)NC2CC2)O1. The Labute approximate surface area is 125 Å². The van der Waals surface area contributed by atoms with E-state index >= 15 is 0 Å². The predicted molar refractivity (Wildman–Crippen MR) is 82.2 cm³/mol. The Morgan fingerprint density at radius 1 is 1.33 bits per heavy atom. The second-order valence-corrected chi connectivity index (χ2v) is 6.20. The molecule has 2 atom stereocenters. The number of rotatable bonds is 5. The molecule has 0 saturated heterocycles. The number of aliphatic imine (C=N–C) groups is 1. The highest BCUT2D eigenvalue weighted by Gasteiger charge is 2.39. The molecule has 0 spiro atoms. The molecule has 1 aliphatic carbocycles. The second-order valence-electron chi connectivity index (χ2n) is 6.20. The summed E-state index contributed by atoms with van der Waals surface area (Å²) in [5, 5.41) is 3.03. The highest BCUT2D eigenvalue weighted by Crippen LogP contribution is 2.24. The number of carbonyl (C=O) groups is 1. The van der Waals surface area contributed by atoms with E-state index in [9.17, 15) is 4.79 Å². The smallest absolute Gasteiger partial charge is 0.263 e. The zero-order chi connectivity index (χ0) is 14.8. The molecule has 2 aliphatic rings. The monoisotopic (exact) mass is 286 g/mol. The summed E-state index contributed by atoms with van der Waals surface area (Å²) >= 11 is 0. The summed E-state index contributed by atoms with van der Waals surface area (Å²) in [6.07, 6.45) is 2.42. The van der Waals surface area contributed by atoms with Gasteiger partial charge in [-0.15, -0.1) is 0 Å². The molecule has 21 heavy (non-hydrogen) atoms. The van der Waals surface area contributed by atoms with Gasteiger partial charge in [-0.3, -0.25) is 4.79 Å². The Morgan fingerprint density at radius 2 is 2.05 bits per heavy atom. The van der Waals surface area contributed by atoms with Gasteiger partial charge in [0.1, 0.15) is 6.04 Å². The van der Waals surface area contributed by atoms with Crippen LogP contribution in [0.3, 0.4) is 0 Å². The molecule has 3 rings (SSSR count). The summed E-state index contributed by atoms with van der Waals surface area (Å²) < 4.78 is 5.84. The minimum atomic E-state index is -0.483. The van der Waals surface area contributed by atoms with Crippen molar-refractivity contribution in [3.63, 3.8) is 0 Å². The van der Waals surface area contributed by atoms with Crippen LogP contribution in [0.5, 0.6) is 0 Å². The number of amides is 1. The van der Waals surface area contributed by atoms with Gasteiger partial charge < -0.3 is 10.1 Å². The number of benzene rings is 1. The summed E-state index contributed by atoms with van der Waals surface area (Å²) in [6.45, 7) is 4.08. The van der Waals surface area contributed by atoms with Crippen LogP contribution in [0, 0.1) is 5.92 Å². The first-order chi connectivity index (χ1) is 10.1. The molecule has 4 heteroatoms. The summed E-state index contributed by atoms with van der Waals surface area (Å²) in [4.78, 5) is 17.0. The normalized spacial score (nSPS) is 24.6. The van der Waals surface area contributed by atoms with Crippen molar-refractivity contribution in [3.8, 4) is 0 Å². The molecular formula is C17H22N2O2. The maximum Gasteiger partial charge on any atom is 0.263 e. The molecule has 1 fully saturated rings. The average Bonchev–Trinajstić information content (AvgIpc) is 3.17. The molecule has 4 nitrogen and oxygen atoms in total. The molecule has 0 aromatic heterocycles. The predicted octanol–water partition coefficient (Wildman–Crippen LogP) is 2.33. The maximum atomic E-state index is 12.4. The lowest BCUT2D eigenvalue weighted by Gasteiger charge is -2.17. The molecule has 0 radical (unpaired) electrons. The van der Waals surface area contributed by atoms with Crippen LogP contribution in [0.4, 0.5) is 0 Å². The van der Waals surface area contributed by atoms with Crippen molar-refractivity contribution in [2.75, 3.05) is 0 Å². The van der Waals surface area contributed by atoms with Crippen LogP contribution in [0.1, 0.15) is 32.3 Å². The molecular weight excluding hydrogens is 264 g/mol. The van der Waals surface area contributed by atoms with Gasteiger partial charge in [-0.05, 0) is 24.8 Å². The van der Waals surface area contributed by atoms with Gasteiger partial charge in [-0.1, -0.05) is 44.2 Å². The first-order valence-corrected chi connectivity index (χ1v) is 7.72. The van der Waals surface area contributed by atoms with E-state index in [-0.39, 0.29) is 17.9 Å². The number of hydrogen-bond acceptors (Lipinski definition) is 3. The fraction of sp³-hybridized carbons (Fsp3) is 0.529. The molecule has 0 bridgehead atoms. The molecule has 1 N–H and O–H groups in total. The fourth-order valence-corrected chi connectivity index (χ4v) is 2.50. The van der Waals surface area contributed by atoms with Crippen LogP contribution in [0.2, 0.25) is 0 Å². The average molecular weight is 286 g/mol. The van der Waals surface area contributed by atoms with Gasteiger partial charge in [0.05, 0.1) is 0 Å². The highest BCUT2D eigenvalue weighted by atomic mass is 16.5. The largest absolute Gasteiger partial charge is 0.465 e. The quantitative estimate of drug-likeness (QED) is 0.903. The lowest BCUT2D eigenvalue weighted by atomic mass is 10.0. The molecule has 1 aromatic carbocycles. The first kappa shape index (κ1) is 14.1. The number of carbonyl (C=O) groups excluding carboxylic acids is 1. The van der Waals surface area contributed by atoms with Gasteiger partial charge >= 0.3 is 0 Å². The third-order valence-electron chi connectivity index (χ3n) is 3.85. The third kappa shape index (κ3) is 3.43. The van der Waals surface area contributed by atoms with Gasteiger partial charge in [-0.2, -0.15) is 0 Å². The molecule has 1 saturated carbocycles. The van der Waals surface area contributed by atoms with Crippen LogP contribution < -0.4 is 5.32 Å². The van der Waals surface area contributed by atoms with E-state index in [4.69, 9.17) is 4.74 Å². The van der Waals surface area contributed by atoms with Crippen molar-refractivity contribution in [2.24, 2.45) is 10.9 Å². The maximum absolute atomic E-state index is 12.4. The Balaban J connectivity index is 1.73. The van der Waals surface area contributed by atoms with E-state index < -0.39 is 6.10 Å².